The van der Waals surface area contributed by atoms with Gasteiger partial charge in [-0.1, -0.05) is 6.07 Å². The van der Waals surface area contributed by atoms with E-state index in [0.29, 0.717) is 5.69 Å². The number of ether oxygens (including phenoxy) is 1. The van der Waals surface area contributed by atoms with E-state index in [1.807, 2.05) is 17.3 Å². The minimum atomic E-state index is -1.34. The molecule has 1 aliphatic rings. The molecule has 0 amide bonds. The van der Waals surface area contributed by atoms with Crippen molar-refractivity contribution in [2.75, 3.05) is 6.61 Å². The molecule has 0 spiro atoms. The van der Waals surface area contributed by atoms with Crippen molar-refractivity contribution in [1.29, 1.82) is 0 Å². The van der Waals surface area contributed by atoms with Crippen LogP contribution in [0.3, 0.4) is 0 Å². The zero-order valence-corrected chi connectivity index (χ0v) is 14.6. The van der Waals surface area contributed by atoms with Crippen LogP contribution in [0.5, 0.6) is 0 Å². The number of hydrogen-bond acceptors (Lipinski definition) is 8. The molecule has 1 unspecified atom stereocenters. The second-order valence-corrected chi connectivity index (χ2v) is 4.46. The average molecular weight is 431 g/mol. The van der Waals surface area contributed by atoms with Crippen molar-refractivity contribution in [2.45, 2.75) is 24.4 Å². The maximum absolute atomic E-state index is 9.86. The predicted molar refractivity (Wildman–Crippen MR) is 76.5 cm³/mol. The Morgan fingerprint density at radius 1 is 1.13 bits per heavy atom. The molecule has 128 valence electrons. The van der Waals surface area contributed by atoms with Crippen LogP contribution in [0.25, 0.3) is 11.6 Å². The van der Waals surface area contributed by atoms with Crippen molar-refractivity contribution in [3.8, 4) is 11.6 Å². The van der Waals surface area contributed by atoms with Crippen LogP contribution in [0.2, 0.25) is 0 Å². The molecule has 1 saturated heterocycles. The third-order valence-corrected chi connectivity index (χ3v) is 3.07. The first-order chi connectivity index (χ1) is 10.7. The summed E-state index contributed by atoms with van der Waals surface area (Å²) in [7, 11) is 4.57. The zero-order valence-electron chi connectivity index (χ0n) is 12.1. The Kier molecular flexibility index (Phi) is 8.18. The van der Waals surface area contributed by atoms with Gasteiger partial charge in [-0.05, 0) is 12.1 Å². The Bertz CT molecular complexity index is 588. The van der Waals surface area contributed by atoms with Crippen LogP contribution in [-0.2, 0) is 22.0 Å². The second-order valence-electron chi connectivity index (χ2n) is 4.46. The summed E-state index contributed by atoms with van der Waals surface area (Å²) >= 11 is 1.82. The van der Waals surface area contributed by atoms with Crippen molar-refractivity contribution in [3.63, 3.8) is 0 Å². The van der Waals surface area contributed by atoms with Gasteiger partial charge in [0.2, 0.25) is 5.89 Å². The van der Waals surface area contributed by atoms with Crippen LogP contribution >= 0.6 is 9.69 Å². The predicted octanol–water partition coefficient (Wildman–Crippen LogP) is 0.423. The van der Waals surface area contributed by atoms with Crippen LogP contribution in [-0.4, -0.2) is 55.4 Å². The molecule has 0 bridgehead atoms. The van der Waals surface area contributed by atoms with Crippen LogP contribution in [0, 0.1) is 7.43 Å². The van der Waals surface area contributed by atoms with Gasteiger partial charge in [0.05, 0.1) is 6.61 Å². The van der Waals surface area contributed by atoms with Gasteiger partial charge >= 0.3 is 27.0 Å². The Hall–Kier alpha value is -0.957. The van der Waals surface area contributed by atoms with Crippen molar-refractivity contribution in [3.05, 3.63) is 37.7 Å². The third-order valence-electron chi connectivity index (χ3n) is 3.07. The number of aliphatic hydroxyl groups is 3. The van der Waals surface area contributed by atoms with Crippen LogP contribution in [0.15, 0.2) is 28.8 Å². The first kappa shape index (κ1) is 20.1. The number of aromatic nitrogens is 3. The molecule has 4 atom stereocenters. The summed E-state index contributed by atoms with van der Waals surface area (Å²) in [4.78, 5) is 4.06. The molecule has 2 aromatic rings. The standard InChI is InChI=1S/C12H13N3O5.CH3.ClH.Ru/c16-7-5-19-10(9(18)8(7)17)12-15-14-11(20-12)6-3-1-2-4-13-6;;;/h1-4,7-10,16-18H,5H2;1H3;1H;/q;-1;;+2/p-1/t7-,8+,9?,10-;;;/m1.../s1. The molecule has 0 aliphatic carbocycles. The first-order valence-electron chi connectivity index (χ1n) is 6.21. The topological polar surface area (TPSA) is 122 Å². The van der Waals surface area contributed by atoms with Crippen LogP contribution in [0.1, 0.15) is 12.0 Å². The average Bonchev–Trinajstić information content (AvgIpc) is 3.05. The summed E-state index contributed by atoms with van der Waals surface area (Å²) in [5, 5.41) is 36.5. The zero-order chi connectivity index (χ0) is 16.1. The molecule has 8 nitrogen and oxygen atoms in total. The molecule has 0 aromatic carbocycles. The number of halogens is 1. The molecular formula is C13H16ClN3O5Ru. The van der Waals surface area contributed by atoms with Gasteiger partial charge in [0, 0.05) is 6.20 Å². The van der Waals surface area contributed by atoms with Crippen molar-refractivity contribution in [1.82, 2.24) is 15.2 Å². The number of rotatable bonds is 2. The van der Waals surface area contributed by atoms with E-state index in [1.165, 1.54) is 0 Å². The minimum absolute atomic E-state index is 0. The monoisotopic (exact) mass is 431 g/mol. The van der Waals surface area contributed by atoms with Crippen molar-refractivity contribution < 1.29 is 41.8 Å². The molecule has 3 N–H and O–H groups in total. The summed E-state index contributed by atoms with van der Waals surface area (Å²) in [5.41, 5.74) is 0.497. The number of aliphatic hydroxyl groups excluding tert-OH is 3. The van der Waals surface area contributed by atoms with E-state index in [-0.39, 0.29) is 25.8 Å². The fourth-order valence-corrected chi connectivity index (χ4v) is 1.97. The molecule has 10 heteroatoms. The van der Waals surface area contributed by atoms with Gasteiger partial charge in [-0.15, -0.1) is 10.2 Å². The van der Waals surface area contributed by atoms with Crippen LogP contribution < -0.4 is 0 Å². The molecular weight excluding hydrogens is 415 g/mol. The van der Waals surface area contributed by atoms with E-state index < -0.39 is 24.4 Å². The van der Waals surface area contributed by atoms with E-state index in [0.717, 1.165) is 0 Å². The summed E-state index contributed by atoms with van der Waals surface area (Å²) < 4.78 is 10.6. The van der Waals surface area contributed by atoms with E-state index >= 15 is 0 Å². The Balaban J connectivity index is 0.000000849. The van der Waals surface area contributed by atoms with Crippen molar-refractivity contribution in [2.24, 2.45) is 0 Å². The van der Waals surface area contributed by atoms with E-state index in [1.54, 1.807) is 24.4 Å². The van der Waals surface area contributed by atoms with Crippen LogP contribution in [0.4, 0.5) is 0 Å². The normalized spacial score (nSPS) is 26.7. The SMILES string of the molecule is OC1[C@@H](O)[C@H](O)CO[C@H]1c1nnc(-c2ccccn2)o1.[CH3-].[Cl][Ru+]. The molecule has 1 aliphatic heterocycles. The van der Waals surface area contributed by atoms with E-state index in [2.05, 4.69) is 24.9 Å². The Morgan fingerprint density at radius 2 is 1.87 bits per heavy atom. The van der Waals surface area contributed by atoms with E-state index in [4.69, 9.17) is 9.15 Å². The summed E-state index contributed by atoms with van der Waals surface area (Å²) in [6, 6.07) is 5.23. The molecule has 0 radical (unpaired) electrons. The molecule has 3 rings (SSSR count). The molecule has 2 aromatic heterocycles. The third kappa shape index (κ3) is 4.53. The molecule has 1 fully saturated rings. The second kappa shape index (κ2) is 9.37. The maximum atomic E-state index is 9.86. The quantitative estimate of drug-likeness (QED) is 0.463. The Labute approximate surface area is 147 Å². The van der Waals surface area contributed by atoms with Gasteiger partial charge in [-0.2, -0.15) is 0 Å². The number of nitrogens with zero attached hydrogens (tertiary/aromatic N) is 3. The summed E-state index contributed by atoms with van der Waals surface area (Å²) in [5.74, 6) is 0.223. The summed E-state index contributed by atoms with van der Waals surface area (Å²) in [6.07, 6.45) is -3.18. The first-order valence-corrected chi connectivity index (χ1v) is 8.44. The molecule has 0 saturated carbocycles. The van der Waals surface area contributed by atoms with Crippen molar-refractivity contribution >= 4 is 9.69 Å². The molecule has 23 heavy (non-hydrogen) atoms. The van der Waals surface area contributed by atoms with Gasteiger partial charge < -0.3 is 31.9 Å². The summed E-state index contributed by atoms with van der Waals surface area (Å²) in [6.45, 7) is -0.121. The fourth-order valence-electron chi connectivity index (χ4n) is 1.97. The number of pyridine rings is 1. The van der Waals surface area contributed by atoms with E-state index in [9.17, 15) is 15.3 Å². The number of hydrogen-bond donors (Lipinski definition) is 3. The Morgan fingerprint density at radius 3 is 2.52 bits per heavy atom. The van der Waals surface area contributed by atoms with Gasteiger partial charge in [-0.3, -0.25) is 4.98 Å². The van der Waals surface area contributed by atoms with Gasteiger partial charge in [0.25, 0.3) is 5.89 Å². The van der Waals surface area contributed by atoms with Gasteiger partial charge in [0.1, 0.15) is 24.0 Å². The van der Waals surface area contributed by atoms with Gasteiger partial charge in [-0.25, -0.2) is 0 Å². The fraction of sp³-hybridized carbons (Fsp3) is 0.385. The van der Waals surface area contributed by atoms with Gasteiger partial charge in [0.15, 0.2) is 6.10 Å². The molecule has 3 heterocycles.